The molecule has 5 nitrogen and oxygen atoms in total. The van der Waals surface area contributed by atoms with Gasteiger partial charge in [0.2, 0.25) is 10.0 Å². The van der Waals surface area contributed by atoms with Crippen molar-refractivity contribution >= 4 is 22.4 Å². The first-order valence-electron chi connectivity index (χ1n) is 7.81. The van der Waals surface area contributed by atoms with E-state index < -0.39 is 15.6 Å². The summed E-state index contributed by atoms with van der Waals surface area (Å²) in [5.74, 6) is 0.366. The number of hydrogen-bond acceptors (Lipinski definition) is 4. The van der Waals surface area contributed by atoms with Gasteiger partial charge in [0.1, 0.15) is 0 Å². The van der Waals surface area contributed by atoms with Crippen molar-refractivity contribution in [2.45, 2.75) is 63.5 Å². The van der Waals surface area contributed by atoms with Crippen LogP contribution in [0, 0.1) is 5.92 Å². The average Bonchev–Trinajstić information content (AvgIpc) is 2.42. The number of sulfonamides is 1. The fourth-order valence-electron chi connectivity index (χ4n) is 3.45. The Hall–Kier alpha value is 0.120. The summed E-state index contributed by atoms with van der Waals surface area (Å²) in [5.41, 5.74) is 5.46. The highest BCUT2D eigenvalue weighted by atomic mass is 35.5. The second-order valence-corrected chi connectivity index (χ2v) is 8.15. The third kappa shape index (κ3) is 5.06. The van der Waals surface area contributed by atoms with E-state index in [-0.39, 0.29) is 24.3 Å². The van der Waals surface area contributed by atoms with Crippen LogP contribution in [0.3, 0.4) is 0 Å². The van der Waals surface area contributed by atoms with Gasteiger partial charge in [0.25, 0.3) is 0 Å². The summed E-state index contributed by atoms with van der Waals surface area (Å²) in [6, 6.07) is 0. The van der Waals surface area contributed by atoms with Crippen LogP contribution in [0.2, 0.25) is 0 Å². The number of ether oxygens (including phenoxy) is 1. The fourth-order valence-corrected chi connectivity index (χ4v) is 5.29. The molecule has 0 aromatic rings. The van der Waals surface area contributed by atoms with Crippen molar-refractivity contribution in [3.8, 4) is 0 Å². The lowest BCUT2D eigenvalue weighted by Crippen LogP contribution is -2.60. The van der Waals surface area contributed by atoms with Gasteiger partial charge < -0.3 is 10.5 Å². The predicted molar refractivity (Wildman–Crippen MR) is 87.2 cm³/mol. The lowest BCUT2D eigenvalue weighted by atomic mass is 9.74. The van der Waals surface area contributed by atoms with Gasteiger partial charge in [0.05, 0.1) is 11.9 Å². The first-order valence-corrected chi connectivity index (χ1v) is 9.46. The van der Waals surface area contributed by atoms with Gasteiger partial charge >= 0.3 is 0 Å². The third-order valence-electron chi connectivity index (χ3n) is 4.86. The molecule has 1 aliphatic carbocycles. The van der Waals surface area contributed by atoms with Gasteiger partial charge in [0, 0.05) is 18.7 Å². The monoisotopic (exact) mass is 340 g/mol. The molecule has 0 amide bonds. The number of rotatable bonds is 5. The van der Waals surface area contributed by atoms with Gasteiger partial charge in [-0.3, -0.25) is 0 Å². The molecule has 21 heavy (non-hydrogen) atoms. The summed E-state index contributed by atoms with van der Waals surface area (Å²) >= 11 is 0. The van der Waals surface area contributed by atoms with Gasteiger partial charge in [-0.2, -0.15) is 0 Å². The van der Waals surface area contributed by atoms with Crippen LogP contribution in [0.5, 0.6) is 0 Å². The summed E-state index contributed by atoms with van der Waals surface area (Å²) < 4.78 is 33.3. The van der Waals surface area contributed by atoms with E-state index in [1.807, 2.05) is 0 Å². The molecule has 7 heteroatoms. The summed E-state index contributed by atoms with van der Waals surface area (Å²) in [4.78, 5) is 0. The lowest BCUT2D eigenvalue weighted by molar-refractivity contribution is 0.0301. The van der Waals surface area contributed by atoms with Crippen molar-refractivity contribution < 1.29 is 13.2 Å². The van der Waals surface area contributed by atoms with E-state index in [4.69, 9.17) is 10.5 Å². The quantitative estimate of drug-likeness (QED) is 0.799. The van der Waals surface area contributed by atoms with Crippen LogP contribution in [-0.2, 0) is 14.8 Å². The van der Waals surface area contributed by atoms with Crippen molar-refractivity contribution in [1.29, 1.82) is 0 Å². The largest absolute Gasteiger partial charge is 0.377 e. The molecule has 2 aliphatic rings. The molecule has 2 rings (SSSR count). The van der Waals surface area contributed by atoms with Crippen molar-refractivity contribution in [3.05, 3.63) is 0 Å². The molecule has 3 unspecified atom stereocenters. The number of halogens is 1. The fraction of sp³-hybridized carbons (Fsp3) is 1.00. The smallest absolute Gasteiger partial charge is 0.214 e. The van der Waals surface area contributed by atoms with Crippen LogP contribution < -0.4 is 10.5 Å². The van der Waals surface area contributed by atoms with Crippen LogP contribution in [0.25, 0.3) is 0 Å². The first-order chi connectivity index (χ1) is 9.47. The zero-order valence-electron chi connectivity index (χ0n) is 12.8. The summed E-state index contributed by atoms with van der Waals surface area (Å²) in [7, 11) is -3.34. The van der Waals surface area contributed by atoms with E-state index in [0.29, 0.717) is 19.1 Å². The minimum Gasteiger partial charge on any atom is -0.377 e. The SMILES string of the molecule is CC1CCCCC1(CN)NS(=O)(=O)CC1CCCCO1.Cl. The predicted octanol–water partition coefficient (Wildman–Crippen LogP) is 1.80. The second kappa shape index (κ2) is 8.11. The van der Waals surface area contributed by atoms with Crippen molar-refractivity contribution in [2.75, 3.05) is 18.9 Å². The van der Waals surface area contributed by atoms with Gasteiger partial charge in [0.15, 0.2) is 0 Å². The summed E-state index contributed by atoms with van der Waals surface area (Å²) in [5, 5.41) is 0. The van der Waals surface area contributed by atoms with Crippen molar-refractivity contribution in [1.82, 2.24) is 4.72 Å². The van der Waals surface area contributed by atoms with E-state index in [9.17, 15) is 8.42 Å². The third-order valence-corrected chi connectivity index (χ3v) is 6.38. The maximum Gasteiger partial charge on any atom is 0.214 e. The van der Waals surface area contributed by atoms with E-state index in [1.165, 1.54) is 0 Å². The maximum atomic E-state index is 12.4. The van der Waals surface area contributed by atoms with E-state index in [1.54, 1.807) is 0 Å². The zero-order chi connectivity index (χ0) is 14.6. The Labute approximate surface area is 134 Å². The first kappa shape index (κ1) is 19.2. The normalized spacial score (nSPS) is 34.2. The Balaban J connectivity index is 0.00000220. The summed E-state index contributed by atoms with van der Waals surface area (Å²) in [6.45, 7) is 3.16. The summed E-state index contributed by atoms with van der Waals surface area (Å²) in [6.07, 6.45) is 6.86. The van der Waals surface area contributed by atoms with Crippen molar-refractivity contribution in [3.63, 3.8) is 0 Å². The maximum absolute atomic E-state index is 12.4. The van der Waals surface area contributed by atoms with Crippen molar-refractivity contribution in [2.24, 2.45) is 11.7 Å². The van der Waals surface area contributed by atoms with Crippen LogP contribution in [0.15, 0.2) is 0 Å². The number of hydrogen-bond donors (Lipinski definition) is 2. The van der Waals surface area contributed by atoms with E-state index in [0.717, 1.165) is 44.9 Å². The Bertz CT molecular complexity index is 412. The van der Waals surface area contributed by atoms with Crippen LogP contribution in [-0.4, -0.2) is 39.0 Å². The molecule has 0 aromatic carbocycles. The highest BCUT2D eigenvalue weighted by Crippen LogP contribution is 2.33. The van der Waals surface area contributed by atoms with E-state index >= 15 is 0 Å². The molecule has 1 saturated heterocycles. The Kier molecular flexibility index (Phi) is 7.40. The molecule has 3 atom stereocenters. The average molecular weight is 341 g/mol. The Morgan fingerprint density at radius 1 is 1.24 bits per heavy atom. The van der Waals surface area contributed by atoms with Crippen LogP contribution in [0.1, 0.15) is 51.9 Å². The second-order valence-electron chi connectivity index (χ2n) is 6.38. The minimum absolute atomic E-state index is 0. The molecule has 2 fully saturated rings. The van der Waals surface area contributed by atoms with Crippen LogP contribution >= 0.6 is 12.4 Å². The standard InChI is InChI=1S/C14H28N2O3S.ClH/c1-12-6-2-4-8-14(12,11-15)16-20(17,18)10-13-7-3-5-9-19-13;/h12-13,16H,2-11,15H2,1H3;1H. The van der Waals surface area contributed by atoms with Gasteiger partial charge in [-0.15, -0.1) is 12.4 Å². The zero-order valence-corrected chi connectivity index (χ0v) is 14.5. The topological polar surface area (TPSA) is 81.4 Å². The molecule has 126 valence electrons. The Morgan fingerprint density at radius 2 is 1.95 bits per heavy atom. The van der Waals surface area contributed by atoms with Crippen LogP contribution in [0.4, 0.5) is 0 Å². The highest BCUT2D eigenvalue weighted by Gasteiger charge is 2.40. The minimum atomic E-state index is -3.34. The van der Waals surface area contributed by atoms with Gasteiger partial charge in [-0.25, -0.2) is 13.1 Å². The van der Waals surface area contributed by atoms with Gasteiger partial charge in [-0.1, -0.05) is 19.8 Å². The molecule has 0 bridgehead atoms. The lowest BCUT2D eigenvalue weighted by Gasteiger charge is -2.42. The molecule has 0 radical (unpaired) electrons. The number of nitrogens with two attached hydrogens (primary N) is 1. The molecule has 0 aromatic heterocycles. The highest BCUT2D eigenvalue weighted by molar-refractivity contribution is 7.89. The van der Waals surface area contributed by atoms with E-state index in [2.05, 4.69) is 11.6 Å². The molecule has 3 N–H and O–H groups in total. The molecule has 1 saturated carbocycles. The number of nitrogens with one attached hydrogen (secondary N) is 1. The molecular weight excluding hydrogens is 312 g/mol. The molecule has 0 spiro atoms. The molecular formula is C14H29ClN2O3S. The molecule has 1 heterocycles. The van der Waals surface area contributed by atoms with Gasteiger partial charge in [-0.05, 0) is 38.0 Å². The Morgan fingerprint density at radius 3 is 2.52 bits per heavy atom. The molecule has 1 aliphatic heterocycles.